The molecule has 1 fully saturated rings. The van der Waals surface area contributed by atoms with Gasteiger partial charge in [0.1, 0.15) is 6.61 Å². The monoisotopic (exact) mass is 264 g/mol. The molecule has 1 aromatic carbocycles. The first-order chi connectivity index (χ1) is 9.15. The minimum Gasteiger partial charge on any atom is -0.454 e. The molecule has 1 aromatic rings. The summed E-state index contributed by atoms with van der Waals surface area (Å²) in [6.07, 6.45) is -0.671. The first-order valence-corrected chi connectivity index (χ1v) is 5.60. The number of benzene rings is 1. The van der Waals surface area contributed by atoms with Crippen molar-refractivity contribution in [1.29, 1.82) is 0 Å². The number of hydrogen-bond acceptors (Lipinski definition) is 5. The van der Waals surface area contributed by atoms with E-state index in [0.29, 0.717) is 5.69 Å². The number of carbonyl (C=O) groups is 3. The zero-order valence-corrected chi connectivity index (χ0v) is 9.92. The van der Waals surface area contributed by atoms with Gasteiger partial charge in [0.15, 0.2) is 12.6 Å². The van der Waals surface area contributed by atoms with E-state index in [0.717, 1.165) is 0 Å². The number of nitrogens with one attached hydrogen (secondary N) is 2. The van der Waals surface area contributed by atoms with E-state index in [9.17, 15) is 14.4 Å². The third kappa shape index (κ3) is 3.70. The normalized spacial score (nSPS) is 17.3. The lowest BCUT2D eigenvalue weighted by molar-refractivity contribution is -0.149. The lowest BCUT2D eigenvalue weighted by Crippen LogP contribution is -2.37. The predicted octanol–water partition coefficient (Wildman–Crippen LogP) is 0.277. The number of esters is 1. The quantitative estimate of drug-likeness (QED) is 0.762. The average Bonchev–Trinajstić information content (AvgIpc) is 2.84. The van der Waals surface area contributed by atoms with Crippen LogP contribution in [0.3, 0.4) is 0 Å². The molecule has 1 heterocycles. The second kappa shape index (κ2) is 5.85. The second-order valence-corrected chi connectivity index (χ2v) is 3.82. The molecule has 0 aliphatic carbocycles. The van der Waals surface area contributed by atoms with Crippen molar-refractivity contribution in [2.24, 2.45) is 0 Å². The van der Waals surface area contributed by atoms with Crippen LogP contribution in [0.1, 0.15) is 0 Å². The van der Waals surface area contributed by atoms with E-state index in [1.165, 1.54) is 0 Å². The summed E-state index contributed by atoms with van der Waals surface area (Å²) in [6, 6.07) is 7.94. The number of cyclic esters (lactones) is 1. The Bertz CT molecular complexity index is 488. The summed E-state index contributed by atoms with van der Waals surface area (Å²) < 4.78 is 9.30. The van der Waals surface area contributed by atoms with Crippen molar-refractivity contribution >= 4 is 23.7 Å². The maximum Gasteiger partial charge on any atom is 0.408 e. The minimum absolute atomic E-state index is 0.0853. The van der Waals surface area contributed by atoms with Gasteiger partial charge in [-0.15, -0.1) is 0 Å². The smallest absolute Gasteiger partial charge is 0.408 e. The van der Waals surface area contributed by atoms with Crippen LogP contribution >= 0.6 is 0 Å². The molecule has 0 bridgehead atoms. The molecule has 1 aliphatic rings. The number of amides is 2. The molecule has 1 atom stereocenters. The van der Waals surface area contributed by atoms with Crippen molar-refractivity contribution in [3.63, 3.8) is 0 Å². The zero-order chi connectivity index (χ0) is 13.7. The molecule has 19 heavy (non-hydrogen) atoms. The zero-order valence-electron chi connectivity index (χ0n) is 9.92. The van der Waals surface area contributed by atoms with Crippen molar-refractivity contribution in [2.45, 2.75) is 6.04 Å². The molecular weight excluding hydrogens is 252 g/mol. The molecule has 7 nitrogen and oxygen atoms in total. The third-order valence-electron chi connectivity index (χ3n) is 2.36. The molecule has 1 aliphatic heterocycles. The minimum atomic E-state index is -0.850. The number of para-hydroxylation sites is 1. The maximum atomic E-state index is 11.5. The van der Waals surface area contributed by atoms with E-state index >= 15 is 0 Å². The number of anilines is 1. The van der Waals surface area contributed by atoms with Crippen LogP contribution in [0.2, 0.25) is 0 Å². The Morgan fingerprint density at radius 1 is 1.37 bits per heavy atom. The highest BCUT2D eigenvalue weighted by Crippen LogP contribution is 2.05. The van der Waals surface area contributed by atoms with Crippen LogP contribution < -0.4 is 10.6 Å². The number of carbonyl (C=O) groups excluding carboxylic acids is 3. The lowest BCUT2D eigenvalue weighted by Gasteiger charge is -2.08. The van der Waals surface area contributed by atoms with Gasteiger partial charge >= 0.3 is 12.1 Å². The Balaban J connectivity index is 1.74. The van der Waals surface area contributed by atoms with E-state index in [1.807, 2.05) is 6.07 Å². The standard InChI is InChI=1S/C12H12N2O5/c15-10(13-8-4-2-1-3-5-8)7-18-11(16)9-6-19-12(17)14-9/h1-5,9H,6-7H2,(H,13,15)(H,14,17)/t9-/m1/s1. The van der Waals surface area contributed by atoms with Crippen LogP contribution in [0, 0.1) is 0 Å². The first kappa shape index (κ1) is 12.9. The van der Waals surface area contributed by atoms with Gasteiger partial charge in [0, 0.05) is 5.69 Å². The highest BCUT2D eigenvalue weighted by atomic mass is 16.6. The molecule has 0 aromatic heterocycles. The van der Waals surface area contributed by atoms with Gasteiger partial charge in [0.2, 0.25) is 0 Å². The molecule has 1 saturated heterocycles. The van der Waals surface area contributed by atoms with E-state index in [-0.39, 0.29) is 6.61 Å². The summed E-state index contributed by atoms with van der Waals surface area (Å²) in [4.78, 5) is 33.7. The Labute approximate surface area is 108 Å². The molecule has 0 unspecified atom stereocenters. The Morgan fingerprint density at radius 2 is 2.11 bits per heavy atom. The summed E-state index contributed by atoms with van der Waals surface area (Å²) in [5.74, 6) is -1.15. The topological polar surface area (TPSA) is 93.7 Å². The van der Waals surface area contributed by atoms with Crippen LogP contribution in [0.4, 0.5) is 10.5 Å². The van der Waals surface area contributed by atoms with E-state index < -0.39 is 30.6 Å². The van der Waals surface area contributed by atoms with E-state index in [2.05, 4.69) is 15.4 Å². The van der Waals surface area contributed by atoms with Crippen molar-refractivity contribution in [3.8, 4) is 0 Å². The van der Waals surface area contributed by atoms with Crippen LogP contribution in [-0.4, -0.2) is 37.2 Å². The molecular formula is C12H12N2O5. The number of alkyl carbamates (subject to hydrolysis) is 1. The average molecular weight is 264 g/mol. The summed E-state index contributed by atoms with van der Waals surface area (Å²) in [5.41, 5.74) is 0.612. The van der Waals surface area contributed by atoms with Gasteiger partial charge in [-0.1, -0.05) is 18.2 Å². The van der Waals surface area contributed by atoms with Crippen molar-refractivity contribution < 1.29 is 23.9 Å². The molecule has 7 heteroatoms. The second-order valence-electron chi connectivity index (χ2n) is 3.82. The number of ether oxygens (including phenoxy) is 2. The lowest BCUT2D eigenvalue weighted by atomic mass is 10.3. The summed E-state index contributed by atoms with van der Waals surface area (Å²) in [5, 5.41) is 4.82. The predicted molar refractivity (Wildman–Crippen MR) is 64.3 cm³/mol. The number of hydrogen-bond donors (Lipinski definition) is 2. The van der Waals surface area contributed by atoms with Gasteiger partial charge in [-0.25, -0.2) is 9.59 Å². The maximum absolute atomic E-state index is 11.5. The van der Waals surface area contributed by atoms with Crippen molar-refractivity contribution in [1.82, 2.24) is 5.32 Å². The van der Waals surface area contributed by atoms with Crippen LogP contribution in [0.25, 0.3) is 0 Å². The van der Waals surface area contributed by atoms with E-state index in [4.69, 9.17) is 4.74 Å². The fourth-order valence-electron chi connectivity index (χ4n) is 1.47. The Kier molecular flexibility index (Phi) is 3.97. The molecule has 0 spiro atoms. The van der Waals surface area contributed by atoms with Gasteiger partial charge in [0.05, 0.1) is 0 Å². The van der Waals surface area contributed by atoms with E-state index in [1.54, 1.807) is 24.3 Å². The fraction of sp³-hybridized carbons (Fsp3) is 0.250. The summed E-state index contributed by atoms with van der Waals surface area (Å²) >= 11 is 0. The fourth-order valence-corrected chi connectivity index (χ4v) is 1.47. The van der Waals surface area contributed by atoms with Crippen LogP contribution in [0.15, 0.2) is 30.3 Å². The SMILES string of the molecule is O=C(COC(=O)[C@H]1COC(=O)N1)Nc1ccccc1. The molecule has 100 valence electrons. The van der Waals surface area contributed by atoms with Crippen LogP contribution in [0.5, 0.6) is 0 Å². The first-order valence-electron chi connectivity index (χ1n) is 5.60. The van der Waals surface area contributed by atoms with Crippen molar-refractivity contribution in [3.05, 3.63) is 30.3 Å². The van der Waals surface area contributed by atoms with Crippen LogP contribution in [-0.2, 0) is 19.1 Å². The summed E-state index contributed by atoms with van der Waals surface area (Å²) in [6.45, 7) is -0.502. The Hall–Kier alpha value is -2.57. The number of rotatable bonds is 4. The highest BCUT2D eigenvalue weighted by molar-refractivity contribution is 5.93. The molecule has 0 saturated carbocycles. The highest BCUT2D eigenvalue weighted by Gasteiger charge is 2.30. The third-order valence-corrected chi connectivity index (χ3v) is 2.36. The van der Waals surface area contributed by atoms with Gasteiger partial charge in [0.25, 0.3) is 5.91 Å². The van der Waals surface area contributed by atoms with Gasteiger partial charge in [-0.05, 0) is 12.1 Å². The largest absolute Gasteiger partial charge is 0.454 e. The molecule has 2 amide bonds. The molecule has 2 N–H and O–H groups in total. The molecule has 0 radical (unpaired) electrons. The van der Waals surface area contributed by atoms with Crippen molar-refractivity contribution in [2.75, 3.05) is 18.5 Å². The van der Waals surface area contributed by atoms with Gasteiger partial charge in [-0.3, -0.25) is 4.79 Å². The Morgan fingerprint density at radius 3 is 2.74 bits per heavy atom. The van der Waals surface area contributed by atoms with Gasteiger partial charge < -0.3 is 20.1 Å². The molecule has 2 rings (SSSR count). The van der Waals surface area contributed by atoms with Gasteiger partial charge in [-0.2, -0.15) is 0 Å². The summed E-state index contributed by atoms with van der Waals surface area (Å²) in [7, 11) is 0.